The summed E-state index contributed by atoms with van der Waals surface area (Å²) in [5.74, 6) is -0.352. The molecule has 0 saturated carbocycles. The third-order valence-electron chi connectivity index (χ3n) is 5.78. The minimum atomic E-state index is -4.00. The molecule has 178 valence electrons. The molecule has 0 bridgehead atoms. The van der Waals surface area contributed by atoms with E-state index >= 15 is 0 Å². The Labute approximate surface area is 202 Å². The normalized spacial score (nSPS) is 15.5. The van der Waals surface area contributed by atoms with Gasteiger partial charge < -0.3 is 0 Å². The molecule has 1 heterocycles. The van der Waals surface area contributed by atoms with Crippen molar-refractivity contribution in [2.45, 2.75) is 32.6 Å². The van der Waals surface area contributed by atoms with E-state index in [0.717, 1.165) is 17.1 Å². The SMILES string of the molecule is CC(=O)N(/C=C/C=C/C=C/C1=[N+](CCCS(=O)(=O)O)c2ccccc2C1(C)C)c1ccccc1. The van der Waals surface area contributed by atoms with Crippen molar-refractivity contribution in [3.63, 3.8) is 0 Å². The first-order valence-electron chi connectivity index (χ1n) is 11.2. The van der Waals surface area contributed by atoms with Crippen molar-refractivity contribution in [1.82, 2.24) is 0 Å². The molecule has 0 aromatic heterocycles. The van der Waals surface area contributed by atoms with Gasteiger partial charge in [0.2, 0.25) is 11.6 Å². The van der Waals surface area contributed by atoms with E-state index in [0.29, 0.717) is 13.0 Å². The number of hydrogen-bond acceptors (Lipinski definition) is 3. The second-order valence-corrected chi connectivity index (χ2v) is 10.2. The lowest BCUT2D eigenvalue weighted by Gasteiger charge is -2.15. The molecule has 0 fully saturated rings. The minimum Gasteiger partial charge on any atom is -0.288 e. The molecule has 0 unspecified atom stereocenters. The summed E-state index contributed by atoms with van der Waals surface area (Å²) in [5.41, 5.74) is 3.81. The van der Waals surface area contributed by atoms with Crippen molar-refractivity contribution in [1.29, 1.82) is 0 Å². The van der Waals surface area contributed by atoms with E-state index in [1.54, 1.807) is 11.1 Å². The number of allylic oxidation sites excluding steroid dienone is 5. The van der Waals surface area contributed by atoms with E-state index in [9.17, 15) is 13.2 Å². The van der Waals surface area contributed by atoms with E-state index < -0.39 is 10.1 Å². The fourth-order valence-electron chi connectivity index (χ4n) is 4.16. The monoisotopic (exact) mass is 479 g/mol. The first-order chi connectivity index (χ1) is 16.1. The van der Waals surface area contributed by atoms with E-state index in [2.05, 4.69) is 24.5 Å². The molecular weight excluding hydrogens is 448 g/mol. The number of benzene rings is 2. The lowest BCUT2D eigenvalue weighted by Crippen LogP contribution is -2.28. The quantitative estimate of drug-likeness (QED) is 0.311. The van der Waals surface area contributed by atoms with Crippen molar-refractivity contribution < 1.29 is 22.3 Å². The van der Waals surface area contributed by atoms with E-state index in [1.165, 1.54) is 12.5 Å². The maximum Gasteiger partial charge on any atom is 0.265 e. The number of para-hydroxylation sites is 2. The molecule has 2 aromatic rings. The molecule has 1 aliphatic heterocycles. The second kappa shape index (κ2) is 10.8. The van der Waals surface area contributed by atoms with Gasteiger partial charge in [0.15, 0.2) is 5.71 Å². The molecule has 2 aromatic carbocycles. The van der Waals surface area contributed by atoms with Gasteiger partial charge in [-0.15, -0.1) is 0 Å². The van der Waals surface area contributed by atoms with Crippen LogP contribution in [0.4, 0.5) is 11.4 Å². The standard InChI is InChI=1S/C27H30N2O4S/c1-22(30)28(23-14-7-6-8-15-23)19-12-5-4-9-18-26-27(2,3)24-16-10-11-17-25(24)29(26)20-13-21-34(31,32)33/h4-12,14-19H,13,20-21H2,1-3H3/p+1. The molecule has 1 amide bonds. The third-order valence-corrected chi connectivity index (χ3v) is 6.58. The molecule has 0 radical (unpaired) electrons. The van der Waals surface area contributed by atoms with Gasteiger partial charge >= 0.3 is 0 Å². The van der Waals surface area contributed by atoms with Crippen LogP contribution >= 0.6 is 0 Å². The lowest BCUT2D eigenvalue weighted by atomic mass is 9.81. The Bertz CT molecular complexity index is 1260. The van der Waals surface area contributed by atoms with Crippen molar-refractivity contribution in [3.8, 4) is 0 Å². The zero-order valence-corrected chi connectivity index (χ0v) is 20.6. The number of carbonyl (C=O) groups excluding carboxylic acids is 1. The third kappa shape index (κ3) is 6.18. The van der Waals surface area contributed by atoms with Crippen molar-refractivity contribution in [2.24, 2.45) is 0 Å². The average Bonchev–Trinajstić information content (AvgIpc) is 2.99. The Morgan fingerprint density at radius 1 is 1.00 bits per heavy atom. The first kappa shape index (κ1) is 25.3. The Morgan fingerprint density at radius 2 is 1.65 bits per heavy atom. The number of rotatable bonds is 9. The van der Waals surface area contributed by atoms with Crippen LogP contribution < -0.4 is 4.90 Å². The minimum absolute atomic E-state index is 0.0760. The summed E-state index contributed by atoms with van der Waals surface area (Å²) in [6.45, 7) is 6.28. The van der Waals surface area contributed by atoms with Gasteiger partial charge in [-0.25, -0.2) is 0 Å². The highest BCUT2D eigenvalue weighted by Crippen LogP contribution is 2.39. The number of nitrogens with zero attached hydrogens (tertiary/aromatic N) is 2. The van der Waals surface area contributed by atoms with Crippen LogP contribution in [-0.2, 0) is 20.3 Å². The summed E-state index contributed by atoms with van der Waals surface area (Å²) in [4.78, 5) is 13.6. The average molecular weight is 480 g/mol. The number of hydrogen-bond donors (Lipinski definition) is 1. The Hall–Kier alpha value is -3.29. The molecule has 0 aliphatic carbocycles. The summed E-state index contributed by atoms with van der Waals surface area (Å²) in [5, 5.41) is 0. The molecular formula is C27H31N2O4S+. The van der Waals surface area contributed by atoms with E-state index in [4.69, 9.17) is 4.55 Å². The Morgan fingerprint density at radius 3 is 2.32 bits per heavy atom. The van der Waals surface area contributed by atoms with Crippen LogP contribution in [0.3, 0.4) is 0 Å². The number of amides is 1. The molecule has 0 saturated heterocycles. The molecule has 1 N–H and O–H groups in total. The van der Waals surface area contributed by atoms with E-state index in [1.807, 2.05) is 78.9 Å². The van der Waals surface area contributed by atoms with Gasteiger partial charge in [0.05, 0.1) is 11.2 Å². The molecule has 3 rings (SSSR count). The van der Waals surface area contributed by atoms with Crippen LogP contribution in [0.25, 0.3) is 0 Å². The van der Waals surface area contributed by atoms with Crippen molar-refractivity contribution in [2.75, 3.05) is 17.2 Å². The van der Waals surface area contributed by atoms with Crippen LogP contribution in [0.2, 0.25) is 0 Å². The fraction of sp³-hybridized carbons (Fsp3) is 0.259. The highest BCUT2D eigenvalue weighted by molar-refractivity contribution is 7.85. The fourth-order valence-corrected chi connectivity index (χ4v) is 4.65. The predicted octanol–water partition coefficient (Wildman–Crippen LogP) is 5.02. The van der Waals surface area contributed by atoms with Gasteiger partial charge in [-0.1, -0.05) is 54.6 Å². The molecule has 6 nitrogen and oxygen atoms in total. The van der Waals surface area contributed by atoms with Gasteiger partial charge in [-0.3, -0.25) is 14.2 Å². The summed E-state index contributed by atoms with van der Waals surface area (Å²) < 4.78 is 33.6. The van der Waals surface area contributed by atoms with Gasteiger partial charge in [0.1, 0.15) is 6.54 Å². The van der Waals surface area contributed by atoms with Crippen LogP contribution in [-0.4, -0.2) is 41.5 Å². The van der Waals surface area contributed by atoms with Crippen LogP contribution in [0.15, 0.2) is 91.2 Å². The van der Waals surface area contributed by atoms with Crippen LogP contribution in [0.1, 0.15) is 32.8 Å². The molecule has 34 heavy (non-hydrogen) atoms. The van der Waals surface area contributed by atoms with Crippen LogP contribution in [0, 0.1) is 0 Å². The lowest BCUT2D eigenvalue weighted by molar-refractivity contribution is -0.437. The summed E-state index contributed by atoms with van der Waals surface area (Å²) in [6, 6.07) is 17.5. The zero-order valence-electron chi connectivity index (χ0n) is 19.8. The second-order valence-electron chi connectivity index (χ2n) is 8.63. The number of carbonyl (C=O) groups is 1. The summed E-state index contributed by atoms with van der Waals surface area (Å²) in [6.07, 6.45) is 11.6. The Kier molecular flexibility index (Phi) is 8.02. The van der Waals surface area contributed by atoms with Gasteiger partial charge in [-0.05, 0) is 32.1 Å². The molecule has 7 heteroatoms. The first-order valence-corrected chi connectivity index (χ1v) is 12.8. The highest BCUT2D eigenvalue weighted by Gasteiger charge is 2.43. The summed E-state index contributed by atoms with van der Waals surface area (Å²) >= 11 is 0. The molecule has 0 atom stereocenters. The van der Waals surface area contributed by atoms with Gasteiger partial charge in [0, 0.05) is 42.9 Å². The topological polar surface area (TPSA) is 77.7 Å². The largest absolute Gasteiger partial charge is 0.288 e. The summed E-state index contributed by atoms with van der Waals surface area (Å²) in [7, 11) is -4.00. The highest BCUT2D eigenvalue weighted by atomic mass is 32.2. The smallest absolute Gasteiger partial charge is 0.265 e. The van der Waals surface area contributed by atoms with Crippen molar-refractivity contribution in [3.05, 3.63) is 96.7 Å². The predicted molar refractivity (Wildman–Crippen MR) is 137 cm³/mol. The number of anilines is 1. The maximum absolute atomic E-state index is 12.0. The molecule has 0 spiro atoms. The van der Waals surface area contributed by atoms with Crippen molar-refractivity contribution >= 4 is 33.1 Å². The maximum atomic E-state index is 12.0. The Balaban J connectivity index is 1.79. The van der Waals surface area contributed by atoms with Crippen LogP contribution in [0.5, 0.6) is 0 Å². The van der Waals surface area contributed by atoms with Gasteiger partial charge in [-0.2, -0.15) is 13.0 Å². The van der Waals surface area contributed by atoms with Gasteiger partial charge in [0.25, 0.3) is 10.1 Å². The molecule has 1 aliphatic rings. The zero-order chi connectivity index (χ0) is 24.8. The van der Waals surface area contributed by atoms with E-state index in [-0.39, 0.29) is 17.1 Å². The number of fused-ring (bicyclic) bond motifs is 1.